The van der Waals surface area contributed by atoms with Crippen molar-refractivity contribution in [2.45, 2.75) is 18.8 Å². The van der Waals surface area contributed by atoms with Gasteiger partial charge in [-0.05, 0) is 18.9 Å². The van der Waals surface area contributed by atoms with E-state index in [0.29, 0.717) is 17.2 Å². The number of aromatic nitrogens is 2. The smallest absolute Gasteiger partial charge is 0.113 e. The SMILES string of the molecule is N#Cc1c(-c2ccoc2)n[nH]c1C1CC1. The van der Waals surface area contributed by atoms with Gasteiger partial charge in [-0.15, -0.1) is 0 Å². The summed E-state index contributed by atoms with van der Waals surface area (Å²) >= 11 is 0. The van der Waals surface area contributed by atoms with Crippen molar-refractivity contribution in [3.63, 3.8) is 0 Å². The molecule has 15 heavy (non-hydrogen) atoms. The van der Waals surface area contributed by atoms with E-state index < -0.39 is 0 Å². The van der Waals surface area contributed by atoms with E-state index in [0.717, 1.165) is 24.1 Å². The zero-order valence-electron chi connectivity index (χ0n) is 8.03. The maximum Gasteiger partial charge on any atom is 0.113 e. The molecule has 4 heteroatoms. The second-order valence-electron chi connectivity index (χ2n) is 3.76. The van der Waals surface area contributed by atoms with Crippen LogP contribution >= 0.6 is 0 Å². The van der Waals surface area contributed by atoms with Crippen LogP contribution in [0.25, 0.3) is 11.3 Å². The van der Waals surface area contributed by atoms with Crippen molar-refractivity contribution in [2.24, 2.45) is 0 Å². The molecule has 0 aromatic carbocycles. The minimum absolute atomic E-state index is 0.507. The molecule has 0 aliphatic heterocycles. The van der Waals surface area contributed by atoms with Gasteiger partial charge in [0, 0.05) is 11.5 Å². The number of aromatic amines is 1. The first-order valence-corrected chi connectivity index (χ1v) is 4.91. The number of nitrogens with zero attached hydrogens (tertiary/aromatic N) is 2. The highest BCUT2D eigenvalue weighted by Crippen LogP contribution is 2.42. The summed E-state index contributed by atoms with van der Waals surface area (Å²) in [5.41, 5.74) is 3.20. The van der Waals surface area contributed by atoms with Crippen LogP contribution in [0.3, 0.4) is 0 Å². The van der Waals surface area contributed by atoms with E-state index in [-0.39, 0.29) is 0 Å². The van der Waals surface area contributed by atoms with Gasteiger partial charge in [0.15, 0.2) is 0 Å². The molecule has 0 atom stereocenters. The van der Waals surface area contributed by atoms with Crippen molar-refractivity contribution < 1.29 is 4.42 Å². The zero-order chi connectivity index (χ0) is 10.3. The first kappa shape index (κ1) is 8.30. The van der Waals surface area contributed by atoms with Gasteiger partial charge in [-0.1, -0.05) is 0 Å². The maximum absolute atomic E-state index is 9.12. The summed E-state index contributed by atoms with van der Waals surface area (Å²) in [5, 5.41) is 16.3. The third-order valence-electron chi connectivity index (χ3n) is 2.69. The fraction of sp³-hybridized carbons (Fsp3) is 0.273. The predicted octanol–water partition coefficient (Wildman–Crippen LogP) is 2.42. The summed E-state index contributed by atoms with van der Waals surface area (Å²) in [6, 6.07) is 4.03. The van der Waals surface area contributed by atoms with Crippen LogP contribution in [0.4, 0.5) is 0 Å². The summed E-state index contributed by atoms with van der Waals surface area (Å²) in [6.45, 7) is 0. The highest BCUT2D eigenvalue weighted by Gasteiger charge is 2.30. The van der Waals surface area contributed by atoms with Gasteiger partial charge in [0.25, 0.3) is 0 Å². The molecule has 0 amide bonds. The molecule has 0 spiro atoms. The topological polar surface area (TPSA) is 65.6 Å². The minimum Gasteiger partial charge on any atom is -0.472 e. The molecule has 1 N–H and O–H groups in total. The van der Waals surface area contributed by atoms with Gasteiger partial charge in [-0.2, -0.15) is 10.4 Å². The lowest BCUT2D eigenvalue weighted by Gasteiger charge is -1.92. The van der Waals surface area contributed by atoms with Gasteiger partial charge >= 0.3 is 0 Å². The van der Waals surface area contributed by atoms with E-state index >= 15 is 0 Å². The monoisotopic (exact) mass is 199 g/mol. The predicted molar refractivity (Wildman–Crippen MR) is 53.0 cm³/mol. The first-order valence-electron chi connectivity index (χ1n) is 4.91. The molecule has 0 saturated heterocycles. The molecule has 2 aromatic heterocycles. The number of hydrogen-bond donors (Lipinski definition) is 1. The van der Waals surface area contributed by atoms with Crippen molar-refractivity contribution in [3.8, 4) is 17.3 Å². The number of furan rings is 1. The maximum atomic E-state index is 9.12. The molecular weight excluding hydrogens is 190 g/mol. The largest absolute Gasteiger partial charge is 0.472 e. The van der Waals surface area contributed by atoms with Crippen LogP contribution in [-0.4, -0.2) is 10.2 Å². The molecule has 4 nitrogen and oxygen atoms in total. The molecule has 2 heterocycles. The first-order chi connectivity index (χ1) is 7.40. The molecule has 1 aliphatic rings. The van der Waals surface area contributed by atoms with Gasteiger partial charge in [0.1, 0.15) is 17.3 Å². The van der Waals surface area contributed by atoms with Gasteiger partial charge in [0.2, 0.25) is 0 Å². The van der Waals surface area contributed by atoms with E-state index in [4.69, 9.17) is 9.68 Å². The number of nitrogens with one attached hydrogen (secondary N) is 1. The Labute approximate surface area is 86.5 Å². The van der Waals surface area contributed by atoms with E-state index in [1.807, 2.05) is 6.07 Å². The van der Waals surface area contributed by atoms with Crippen LogP contribution in [0.2, 0.25) is 0 Å². The number of hydrogen-bond acceptors (Lipinski definition) is 3. The molecule has 74 valence electrons. The van der Waals surface area contributed by atoms with Crippen LogP contribution < -0.4 is 0 Å². The Morgan fingerprint density at radius 3 is 3.00 bits per heavy atom. The lowest BCUT2D eigenvalue weighted by Crippen LogP contribution is -1.84. The van der Waals surface area contributed by atoms with Crippen LogP contribution in [-0.2, 0) is 0 Å². The summed E-state index contributed by atoms with van der Waals surface area (Å²) < 4.78 is 4.99. The Hall–Kier alpha value is -2.02. The Bertz CT molecular complexity index is 515. The Morgan fingerprint density at radius 1 is 1.53 bits per heavy atom. The highest BCUT2D eigenvalue weighted by atomic mass is 16.3. The normalized spacial score (nSPS) is 15.1. The van der Waals surface area contributed by atoms with Crippen LogP contribution in [0.15, 0.2) is 23.0 Å². The number of H-pyrrole nitrogens is 1. The summed E-state index contributed by atoms with van der Waals surface area (Å²) in [7, 11) is 0. The third kappa shape index (κ3) is 1.24. The molecule has 1 aliphatic carbocycles. The van der Waals surface area contributed by atoms with E-state index in [2.05, 4.69) is 16.3 Å². The van der Waals surface area contributed by atoms with Crippen molar-refractivity contribution in [2.75, 3.05) is 0 Å². The molecular formula is C11H9N3O. The molecule has 3 rings (SSSR count). The molecule has 0 radical (unpaired) electrons. The molecule has 1 saturated carbocycles. The van der Waals surface area contributed by atoms with Gasteiger partial charge in [-0.25, -0.2) is 0 Å². The van der Waals surface area contributed by atoms with Gasteiger partial charge in [0.05, 0.1) is 18.2 Å². The zero-order valence-corrected chi connectivity index (χ0v) is 8.03. The molecule has 0 unspecified atom stereocenters. The standard InChI is InChI=1S/C11H9N3O/c12-5-9-10(7-1-2-7)13-14-11(9)8-3-4-15-6-8/h3-4,6-7H,1-2H2,(H,13,14). The molecule has 0 bridgehead atoms. The minimum atomic E-state index is 0.507. The van der Waals surface area contributed by atoms with Crippen LogP contribution in [0.1, 0.15) is 30.0 Å². The van der Waals surface area contributed by atoms with Crippen molar-refractivity contribution in [1.29, 1.82) is 5.26 Å². The van der Waals surface area contributed by atoms with Crippen molar-refractivity contribution >= 4 is 0 Å². The van der Waals surface area contributed by atoms with E-state index in [1.165, 1.54) is 0 Å². The second kappa shape index (κ2) is 2.99. The molecule has 1 fully saturated rings. The Balaban J connectivity index is 2.13. The van der Waals surface area contributed by atoms with Crippen molar-refractivity contribution in [1.82, 2.24) is 10.2 Å². The van der Waals surface area contributed by atoms with E-state index in [9.17, 15) is 0 Å². The highest BCUT2D eigenvalue weighted by molar-refractivity contribution is 5.67. The summed E-state index contributed by atoms with van der Waals surface area (Å²) in [6.07, 6.45) is 5.50. The Morgan fingerprint density at radius 2 is 2.40 bits per heavy atom. The van der Waals surface area contributed by atoms with E-state index in [1.54, 1.807) is 12.5 Å². The third-order valence-corrected chi connectivity index (χ3v) is 2.69. The fourth-order valence-electron chi connectivity index (χ4n) is 1.74. The average Bonchev–Trinajstić information content (AvgIpc) is 2.83. The lowest BCUT2D eigenvalue weighted by molar-refractivity contribution is 0.568. The number of rotatable bonds is 2. The van der Waals surface area contributed by atoms with Crippen LogP contribution in [0.5, 0.6) is 0 Å². The van der Waals surface area contributed by atoms with Crippen molar-refractivity contribution in [3.05, 3.63) is 29.9 Å². The number of nitriles is 1. The Kier molecular flexibility index (Phi) is 1.65. The van der Waals surface area contributed by atoms with Crippen LogP contribution in [0, 0.1) is 11.3 Å². The lowest BCUT2D eigenvalue weighted by atomic mass is 10.1. The summed E-state index contributed by atoms with van der Waals surface area (Å²) in [4.78, 5) is 0. The molecule has 2 aromatic rings. The van der Waals surface area contributed by atoms with Gasteiger partial charge in [-0.3, -0.25) is 5.10 Å². The average molecular weight is 199 g/mol. The second-order valence-corrected chi connectivity index (χ2v) is 3.76. The summed E-state index contributed by atoms with van der Waals surface area (Å²) in [5.74, 6) is 0.507. The van der Waals surface area contributed by atoms with Gasteiger partial charge < -0.3 is 4.42 Å². The quantitative estimate of drug-likeness (QED) is 0.807. The fourth-order valence-corrected chi connectivity index (χ4v) is 1.74.